The summed E-state index contributed by atoms with van der Waals surface area (Å²) >= 11 is 0. The van der Waals surface area contributed by atoms with E-state index in [-0.39, 0.29) is 91.8 Å². The van der Waals surface area contributed by atoms with E-state index in [0.29, 0.717) is 18.4 Å². The minimum atomic E-state index is -4.53. The highest BCUT2D eigenvalue weighted by Crippen LogP contribution is 2.32. The predicted octanol–water partition coefficient (Wildman–Crippen LogP) is 5.76. The second kappa shape index (κ2) is 31.6. The Labute approximate surface area is 510 Å². The van der Waals surface area contributed by atoms with E-state index in [4.69, 9.17) is 10.5 Å². The number of benzene rings is 2. The maximum absolute atomic E-state index is 14.5. The molecule has 0 fully saturated rings. The third-order valence-electron chi connectivity index (χ3n) is 16.2. The van der Waals surface area contributed by atoms with Gasteiger partial charge in [-0.15, -0.1) is 0 Å². The minimum absolute atomic E-state index is 0.00411. The number of imide groups is 1. The summed E-state index contributed by atoms with van der Waals surface area (Å²) in [5.41, 5.74) is 4.17. The van der Waals surface area contributed by atoms with Crippen molar-refractivity contribution in [2.45, 2.75) is 183 Å². The Bertz CT molecular complexity index is 2900. The van der Waals surface area contributed by atoms with E-state index in [1.807, 2.05) is 106 Å². The van der Waals surface area contributed by atoms with Crippen LogP contribution in [0.3, 0.4) is 0 Å². The number of ether oxygens (including phenoxy) is 1. The van der Waals surface area contributed by atoms with Gasteiger partial charge in [0.15, 0.2) is 0 Å². The Hall–Kier alpha value is -6.98. The molecule has 86 heavy (non-hydrogen) atoms. The van der Waals surface area contributed by atoms with Gasteiger partial charge in [-0.1, -0.05) is 133 Å². The van der Waals surface area contributed by atoms with Crippen LogP contribution >= 0.6 is 0 Å². The number of hydrogen-bond donors (Lipinski definition) is 8. The largest absolute Gasteiger partial charge is 0.380 e. The predicted molar refractivity (Wildman–Crippen MR) is 332 cm³/mol. The number of nitrogens with one attached hydrogen (secondary N) is 7. The van der Waals surface area contributed by atoms with Crippen LogP contribution in [-0.4, -0.2) is 142 Å². The second-order valence-corrected chi connectivity index (χ2v) is 27.3. The van der Waals surface area contributed by atoms with Crippen LogP contribution in [0.1, 0.15) is 147 Å². The van der Waals surface area contributed by atoms with Gasteiger partial charge < -0.3 is 47.3 Å². The van der Waals surface area contributed by atoms with Crippen molar-refractivity contribution in [1.82, 2.24) is 41.1 Å². The number of sulfonamides is 1. The standard InChI is InChI=1S/C63H98N10O12S/c1-18-42-34-44(86(83,84)71-54(77)41(8)33-47(39(4)5)72(17)58(81)53(60(9,10)11)70-57(80)52(65-16)61(12,13)43-25-22-21-23-26-43)28-29-45(42)67-55(78)46(27-24-32-66-59(64)82)68-56(79)51(40(6)7)69-48(74)35-62(14,19-2)37-85-38-63(15,20-3)36-73-49(75)30-31-50(73)76/h21-23,25-26,28-31,33-34,39-40,46-47,51-53,65H,18-20,24,27,32,35-38H2,1-17H3,(H,67,78)(H,68,79)(H,69,74)(H,70,80)(H,71,77)(H3,64,66,82). The molecule has 7 unspecified atom stereocenters. The molecule has 0 spiro atoms. The van der Waals surface area contributed by atoms with E-state index in [9.17, 15) is 51.6 Å². The van der Waals surface area contributed by atoms with E-state index >= 15 is 0 Å². The summed E-state index contributed by atoms with van der Waals surface area (Å²) in [4.78, 5) is 123. The smallest absolute Gasteiger partial charge is 0.312 e. The van der Waals surface area contributed by atoms with Gasteiger partial charge in [0, 0.05) is 60.8 Å². The maximum Gasteiger partial charge on any atom is 0.312 e. The van der Waals surface area contributed by atoms with Gasteiger partial charge in [-0.3, -0.25) is 43.3 Å². The summed E-state index contributed by atoms with van der Waals surface area (Å²) in [6.45, 7) is 28.1. The van der Waals surface area contributed by atoms with Crippen molar-refractivity contribution >= 4 is 69.0 Å². The summed E-state index contributed by atoms with van der Waals surface area (Å²) in [5.74, 6) is -4.97. The van der Waals surface area contributed by atoms with Crippen LogP contribution in [0.5, 0.6) is 0 Å². The van der Waals surface area contributed by atoms with Crippen LogP contribution in [0.4, 0.5) is 10.5 Å². The number of likely N-dealkylation sites (N-methyl/N-ethyl adjacent to an activating group) is 2. The molecule has 23 heteroatoms. The molecule has 0 radical (unpaired) electrons. The highest BCUT2D eigenvalue weighted by Gasteiger charge is 2.42. The van der Waals surface area contributed by atoms with E-state index in [2.05, 4.69) is 36.6 Å². The summed E-state index contributed by atoms with van der Waals surface area (Å²) < 4.78 is 36.2. The molecule has 9 N–H and O–H groups in total. The van der Waals surface area contributed by atoms with Crippen LogP contribution < -0.4 is 42.4 Å². The Balaban J connectivity index is 1.80. The molecule has 1 aliphatic heterocycles. The molecule has 2 aromatic carbocycles. The molecule has 2 aromatic rings. The number of anilines is 1. The van der Waals surface area contributed by atoms with Gasteiger partial charge in [0.25, 0.3) is 27.7 Å². The van der Waals surface area contributed by atoms with Crippen molar-refractivity contribution in [3.63, 3.8) is 0 Å². The number of rotatable bonds is 33. The van der Waals surface area contributed by atoms with Gasteiger partial charge in [-0.2, -0.15) is 0 Å². The van der Waals surface area contributed by atoms with Crippen LogP contribution in [0.15, 0.2) is 77.2 Å². The third-order valence-corrected chi connectivity index (χ3v) is 17.5. The molecular weight excluding hydrogens is 1120 g/mol. The topological polar surface area (TPSA) is 314 Å². The van der Waals surface area contributed by atoms with Crippen LogP contribution in [0.25, 0.3) is 0 Å². The van der Waals surface area contributed by atoms with E-state index in [1.165, 1.54) is 53.2 Å². The minimum Gasteiger partial charge on any atom is -0.380 e. The number of urea groups is 1. The average molecular weight is 1220 g/mol. The molecule has 22 nitrogen and oxygen atoms in total. The Morgan fingerprint density at radius 2 is 1.36 bits per heavy atom. The van der Waals surface area contributed by atoms with E-state index in [0.717, 1.165) is 5.56 Å². The SMILES string of the molecule is CCc1cc(S(=O)(=O)NC(=O)C(C)=CC(C(C)C)N(C)C(=O)C(NC(=O)C(NC)C(C)(C)c2ccccc2)C(C)(C)C)ccc1NC(=O)C(CCCNC(N)=O)NC(=O)C(NC(=O)CC(C)(CC)COCC(C)(CC)CN1C(=O)C=CC1=O)C(C)C. The van der Waals surface area contributed by atoms with Crippen molar-refractivity contribution in [3.8, 4) is 0 Å². The Morgan fingerprint density at radius 3 is 1.88 bits per heavy atom. The molecule has 10 amide bonds. The van der Waals surface area contributed by atoms with Crippen LogP contribution in [0, 0.1) is 28.1 Å². The molecular formula is C63H98N10O12S. The lowest BCUT2D eigenvalue weighted by Crippen LogP contribution is -2.61. The van der Waals surface area contributed by atoms with Gasteiger partial charge in [0.2, 0.25) is 29.5 Å². The first-order chi connectivity index (χ1) is 39.9. The molecule has 1 heterocycles. The summed E-state index contributed by atoms with van der Waals surface area (Å²) in [5, 5.41) is 17.0. The van der Waals surface area contributed by atoms with Crippen molar-refractivity contribution < 1.29 is 56.3 Å². The fourth-order valence-corrected chi connectivity index (χ4v) is 11.1. The number of nitrogens with two attached hydrogens (primary N) is 1. The quantitative estimate of drug-likeness (QED) is 0.0240. The van der Waals surface area contributed by atoms with E-state index < -0.39 is 103 Å². The zero-order valence-corrected chi connectivity index (χ0v) is 54.6. The fourth-order valence-electron chi connectivity index (χ4n) is 10.0. The molecule has 478 valence electrons. The first kappa shape index (κ1) is 73.3. The fraction of sp³-hybridized carbons (Fsp3) is 0.603. The summed E-state index contributed by atoms with van der Waals surface area (Å²) in [6.07, 6.45) is 5.56. The molecule has 3 rings (SSSR count). The molecule has 0 aromatic heterocycles. The highest BCUT2D eigenvalue weighted by atomic mass is 32.2. The van der Waals surface area contributed by atoms with Crippen LogP contribution in [0.2, 0.25) is 0 Å². The number of amides is 10. The van der Waals surface area contributed by atoms with Crippen molar-refractivity contribution in [2.75, 3.05) is 45.7 Å². The summed E-state index contributed by atoms with van der Waals surface area (Å²) in [7, 11) is -1.27. The van der Waals surface area contributed by atoms with Gasteiger partial charge >= 0.3 is 6.03 Å². The Morgan fingerprint density at radius 1 is 0.767 bits per heavy atom. The van der Waals surface area contributed by atoms with Gasteiger partial charge in [-0.25, -0.2) is 17.9 Å². The highest BCUT2D eigenvalue weighted by molar-refractivity contribution is 7.90. The Kier molecular flexibility index (Phi) is 26.9. The van der Waals surface area contributed by atoms with Crippen LogP contribution in [-0.2, 0) is 65.0 Å². The molecule has 0 saturated carbocycles. The number of primary amides is 1. The summed E-state index contributed by atoms with van der Waals surface area (Å²) in [6, 6.07) is 7.98. The van der Waals surface area contributed by atoms with Gasteiger partial charge in [-0.05, 0) is 98.1 Å². The zero-order chi connectivity index (χ0) is 65.3. The number of aryl methyl sites for hydroxylation is 1. The lowest BCUT2D eigenvalue weighted by Gasteiger charge is -2.40. The van der Waals surface area contributed by atoms with Gasteiger partial charge in [0.05, 0.1) is 30.2 Å². The van der Waals surface area contributed by atoms with Crippen molar-refractivity contribution in [2.24, 2.45) is 33.8 Å². The van der Waals surface area contributed by atoms with Crippen molar-refractivity contribution in [3.05, 3.63) is 83.5 Å². The first-order valence-electron chi connectivity index (χ1n) is 29.6. The third kappa shape index (κ3) is 20.6. The van der Waals surface area contributed by atoms with Crippen molar-refractivity contribution in [1.29, 1.82) is 0 Å². The lowest BCUT2D eigenvalue weighted by molar-refractivity contribution is -0.141. The molecule has 1 aliphatic rings. The zero-order valence-electron chi connectivity index (χ0n) is 53.7. The number of hydrogen-bond acceptors (Lipinski definition) is 13. The maximum atomic E-state index is 14.5. The number of carbonyl (C=O) groups is 9. The molecule has 7 atom stereocenters. The normalized spacial score (nSPS) is 16.3. The molecule has 0 saturated heterocycles. The lowest BCUT2D eigenvalue weighted by atomic mass is 9.76. The monoisotopic (exact) mass is 1220 g/mol. The number of nitrogens with zero attached hydrogens (tertiary/aromatic N) is 2. The van der Waals surface area contributed by atoms with Gasteiger partial charge in [0.1, 0.15) is 18.1 Å². The average Bonchev–Trinajstić information content (AvgIpc) is 1.96. The second-order valence-electron chi connectivity index (χ2n) is 25.6. The number of carbonyl (C=O) groups excluding carboxylic acids is 9. The molecule has 0 bridgehead atoms. The molecule has 0 aliphatic carbocycles. The first-order valence-corrected chi connectivity index (χ1v) is 31.1. The van der Waals surface area contributed by atoms with E-state index in [1.54, 1.807) is 34.9 Å².